The van der Waals surface area contributed by atoms with Gasteiger partial charge in [-0.2, -0.15) is 0 Å². The lowest BCUT2D eigenvalue weighted by molar-refractivity contribution is 0.0704. The third-order valence-corrected chi connectivity index (χ3v) is 5.58. The van der Waals surface area contributed by atoms with Gasteiger partial charge in [0.15, 0.2) is 9.84 Å². The van der Waals surface area contributed by atoms with E-state index in [0.717, 1.165) is 18.4 Å². The third-order valence-electron chi connectivity index (χ3n) is 4.18. The van der Waals surface area contributed by atoms with Crippen LogP contribution >= 0.6 is 0 Å². The van der Waals surface area contributed by atoms with E-state index in [1.54, 1.807) is 6.08 Å². The zero-order valence-corrected chi connectivity index (χ0v) is 13.1. The summed E-state index contributed by atoms with van der Waals surface area (Å²) in [6.45, 7) is 1.41. The average molecular weight is 320 g/mol. The number of carbonyl (C=O) groups excluding carboxylic acids is 1. The van der Waals surface area contributed by atoms with Gasteiger partial charge in [-0.25, -0.2) is 8.42 Å². The molecule has 0 spiro atoms. The van der Waals surface area contributed by atoms with Crippen molar-refractivity contribution in [2.45, 2.75) is 24.9 Å². The summed E-state index contributed by atoms with van der Waals surface area (Å²) in [5.74, 6) is 0.221. The number of piperidine rings is 1. The maximum atomic E-state index is 12.4. The molecule has 118 valence electrons. The zero-order chi connectivity index (χ0) is 15.6. The van der Waals surface area contributed by atoms with E-state index in [1.807, 2.05) is 35.2 Å². The first kappa shape index (κ1) is 15.2. The molecule has 0 aliphatic carbocycles. The van der Waals surface area contributed by atoms with Gasteiger partial charge in [-0.3, -0.25) is 4.79 Å². The van der Waals surface area contributed by atoms with Gasteiger partial charge in [0.1, 0.15) is 0 Å². The van der Waals surface area contributed by atoms with Crippen molar-refractivity contribution in [1.82, 2.24) is 10.2 Å². The number of likely N-dealkylation sites (tertiary alicyclic amines) is 1. The molecular weight excluding hydrogens is 300 g/mol. The van der Waals surface area contributed by atoms with Crippen LogP contribution in [0.25, 0.3) is 0 Å². The topological polar surface area (TPSA) is 66.5 Å². The van der Waals surface area contributed by atoms with Gasteiger partial charge in [-0.1, -0.05) is 24.3 Å². The monoisotopic (exact) mass is 320 g/mol. The molecule has 0 aromatic heterocycles. The van der Waals surface area contributed by atoms with E-state index in [-0.39, 0.29) is 23.7 Å². The van der Waals surface area contributed by atoms with E-state index in [9.17, 15) is 13.2 Å². The summed E-state index contributed by atoms with van der Waals surface area (Å²) in [5, 5.41) is 4.66. The predicted octanol–water partition coefficient (Wildman–Crippen LogP) is 1.19. The maximum absolute atomic E-state index is 12.4. The quantitative estimate of drug-likeness (QED) is 0.908. The highest BCUT2D eigenvalue weighted by Crippen LogP contribution is 2.16. The lowest BCUT2D eigenvalue weighted by Crippen LogP contribution is -2.48. The molecule has 5 nitrogen and oxygen atoms in total. The number of nitrogens with one attached hydrogen (secondary N) is 1. The Morgan fingerprint density at radius 3 is 2.41 bits per heavy atom. The molecule has 1 aromatic carbocycles. The molecule has 1 atom stereocenters. The van der Waals surface area contributed by atoms with Crippen molar-refractivity contribution < 1.29 is 13.2 Å². The molecule has 1 unspecified atom stereocenters. The molecule has 6 heteroatoms. The van der Waals surface area contributed by atoms with Gasteiger partial charge < -0.3 is 10.2 Å². The molecule has 0 radical (unpaired) electrons. The average Bonchev–Trinajstić information content (AvgIpc) is 2.87. The Bertz CT molecular complexity index is 662. The van der Waals surface area contributed by atoms with Crippen molar-refractivity contribution in [3.63, 3.8) is 0 Å². The van der Waals surface area contributed by atoms with Crippen LogP contribution in [-0.4, -0.2) is 50.2 Å². The number of sulfone groups is 1. The Labute approximate surface area is 130 Å². The SMILES string of the molecule is O=C(c1ccccc1)N1CCC(NC2C=CS(=O)(=O)C2)CC1. The second-order valence-corrected chi connectivity index (χ2v) is 7.79. The summed E-state index contributed by atoms with van der Waals surface area (Å²) in [5.41, 5.74) is 0.721. The van der Waals surface area contributed by atoms with E-state index in [0.29, 0.717) is 13.1 Å². The second-order valence-electron chi connectivity index (χ2n) is 5.86. The van der Waals surface area contributed by atoms with E-state index in [2.05, 4.69) is 5.32 Å². The Balaban J connectivity index is 1.51. The highest BCUT2D eigenvalue weighted by atomic mass is 32.2. The third kappa shape index (κ3) is 3.56. The van der Waals surface area contributed by atoms with Crippen LogP contribution in [0.15, 0.2) is 41.8 Å². The summed E-state index contributed by atoms with van der Waals surface area (Å²) in [6.07, 6.45) is 3.42. The fourth-order valence-electron chi connectivity index (χ4n) is 2.99. The predicted molar refractivity (Wildman–Crippen MR) is 85.2 cm³/mol. The Hall–Kier alpha value is -1.66. The Morgan fingerprint density at radius 2 is 1.82 bits per heavy atom. The molecule has 1 amide bonds. The van der Waals surface area contributed by atoms with Crippen molar-refractivity contribution in [2.24, 2.45) is 0 Å². The molecule has 0 saturated carbocycles. The van der Waals surface area contributed by atoms with Gasteiger partial charge in [0.05, 0.1) is 5.75 Å². The molecule has 1 fully saturated rings. The number of benzene rings is 1. The first-order valence-electron chi connectivity index (χ1n) is 7.55. The molecule has 1 aromatic rings. The lowest BCUT2D eigenvalue weighted by atomic mass is 10.0. The zero-order valence-electron chi connectivity index (χ0n) is 12.3. The van der Waals surface area contributed by atoms with Crippen LogP contribution in [0.4, 0.5) is 0 Å². The van der Waals surface area contributed by atoms with Crippen LogP contribution in [0.2, 0.25) is 0 Å². The highest BCUT2D eigenvalue weighted by molar-refractivity contribution is 7.94. The van der Waals surface area contributed by atoms with Crippen LogP contribution in [0, 0.1) is 0 Å². The maximum Gasteiger partial charge on any atom is 0.253 e. The van der Waals surface area contributed by atoms with Gasteiger partial charge in [0.2, 0.25) is 0 Å². The highest BCUT2D eigenvalue weighted by Gasteiger charge is 2.27. The lowest BCUT2D eigenvalue weighted by Gasteiger charge is -2.33. The van der Waals surface area contributed by atoms with Gasteiger partial charge in [-0.15, -0.1) is 0 Å². The smallest absolute Gasteiger partial charge is 0.253 e. The first-order valence-corrected chi connectivity index (χ1v) is 9.26. The molecule has 0 bridgehead atoms. The second kappa shape index (κ2) is 6.22. The number of hydrogen-bond donors (Lipinski definition) is 1. The first-order chi connectivity index (χ1) is 10.5. The number of nitrogens with zero attached hydrogens (tertiary/aromatic N) is 1. The van der Waals surface area contributed by atoms with E-state index < -0.39 is 9.84 Å². The van der Waals surface area contributed by atoms with Gasteiger partial charge in [0, 0.05) is 36.1 Å². The number of rotatable bonds is 3. The fourth-order valence-corrected chi connectivity index (χ4v) is 4.24. The van der Waals surface area contributed by atoms with E-state index in [4.69, 9.17) is 0 Å². The van der Waals surface area contributed by atoms with Crippen molar-refractivity contribution in [1.29, 1.82) is 0 Å². The molecule has 2 aliphatic heterocycles. The Morgan fingerprint density at radius 1 is 1.14 bits per heavy atom. The molecule has 3 rings (SSSR count). The van der Waals surface area contributed by atoms with Crippen LogP contribution in [0.5, 0.6) is 0 Å². The van der Waals surface area contributed by atoms with E-state index in [1.165, 1.54) is 5.41 Å². The molecule has 1 saturated heterocycles. The number of amides is 1. The van der Waals surface area contributed by atoms with Crippen LogP contribution in [0.3, 0.4) is 0 Å². The van der Waals surface area contributed by atoms with E-state index >= 15 is 0 Å². The van der Waals surface area contributed by atoms with Gasteiger partial charge >= 0.3 is 0 Å². The summed E-state index contributed by atoms with van der Waals surface area (Å²) in [4.78, 5) is 14.2. The standard InChI is InChI=1S/C16H20N2O3S/c19-16(13-4-2-1-3-5-13)18-9-6-14(7-10-18)17-15-8-11-22(20,21)12-15/h1-5,8,11,14-15,17H,6-7,9-10,12H2. The normalized spacial score (nSPS) is 24.5. The minimum atomic E-state index is -3.01. The largest absolute Gasteiger partial charge is 0.339 e. The summed E-state index contributed by atoms with van der Waals surface area (Å²) in [6, 6.07) is 9.48. The van der Waals surface area contributed by atoms with Crippen molar-refractivity contribution >= 4 is 15.7 Å². The van der Waals surface area contributed by atoms with Crippen molar-refractivity contribution in [3.05, 3.63) is 47.4 Å². The number of hydrogen-bond acceptors (Lipinski definition) is 4. The van der Waals surface area contributed by atoms with Crippen molar-refractivity contribution in [2.75, 3.05) is 18.8 Å². The van der Waals surface area contributed by atoms with Crippen LogP contribution in [0.1, 0.15) is 23.2 Å². The van der Waals surface area contributed by atoms with Gasteiger partial charge in [0.25, 0.3) is 5.91 Å². The molecule has 22 heavy (non-hydrogen) atoms. The summed E-state index contributed by atoms with van der Waals surface area (Å²) >= 11 is 0. The minimum absolute atomic E-state index is 0.0717. The molecule has 2 aliphatic rings. The van der Waals surface area contributed by atoms with Crippen LogP contribution < -0.4 is 5.32 Å². The minimum Gasteiger partial charge on any atom is -0.339 e. The molecular formula is C16H20N2O3S. The summed E-state index contributed by atoms with van der Waals surface area (Å²) in [7, 11) is -3.01. The number of carbonyl (C=O) groups is 1. The van der Waals surface area contributed by atoms with Gasteiger partial charge in [-0.05, 0) is 25.0 Å². The molecule has 2 heterocycles. The fraction of sp³-hybridized carbons (Fsp3) is 0.438. The Kier molecular flexibility index (Phi) is 4.31. The molecule has 1 N–H and O–H groups in total. The van der Waals surface area contributed by atoms with Crippen molar-refractivity contribution in [3.8, 4) is 0 Å². The summed E-state index contributed by atoms with van der Waals surface area (Å²) < 4.78 is 22.8. The van der Waals surface area contributed by atoms with Crippen LogP contribution in [-0.2, 0) is 9.84 Å².